The Hall–Kier alpha value is -1.57. The van der Waals surface area contributed by atoms with Crippen molar-refractivity contribution in [3.8, 4) is 0 Å². The first-order valence-corrected chi connectivity index (χ1v) is 6.22. The molecule has 0 bridgehead atoms. The summed E-state index contributed by atoms with van der Waals surface area (Å²) in [6.45, 7) is -0.0142. The third kappa shape index (κ3) is 2.57. The fraction of sp³-hybridized carbons (Fsp3) is 0.556. The van der Waals surface area contributed by atoms with Crippen LogP contribution in [-0.4, -0.2) is 48.8 Å². The molecule has 7 nitrogen and oxygen atoms in total. The summed E-state index contributed by atoms with van der Waals surface area (Å²) >= 11 is 1.53. The number of aromatic nitrogens is 3. The van der Waals surface area contributed by atoms with E-state index in [0.717, 1.165) is 5.75 Å². The lowest BCUT2D eigenvalue weighted by Gasteiger charge is -2.24. The summed E-state index contributed by atoms with van der Waals surface area (Å²) in [6, 6.07) is 0. The highest BCUT2D eigenvalue weighted by Crippen LogP contribution is 2.28. The minimum Gasteiger partial charge on any atom is -0.479 e. The van der Waals surface area contributed by atoms with Gasteiger partial charge >= 0.3 is 5.97 Å². The van der Waals surface area contributed by atoms with Crippen LogP contribution < -0.4 is 5.32 Å². The summed E-state index contributed by atoms with van der Waals surface area (Å²) < 4.78 is 1.35. The maximum Gasteiger partial charge on any atom is 0.330 e. The summed E-state index contributed by atoms with van der Waals surface area (Å²) in [7, 11) is 0. The van der Waals surface area contributed by atoms with Crippen LogP contribution in [0.25, 0.3) is 0 Å². The number of carbonyl (C=O) groups is 2. The molecule has 92 valence electrons. The minimum absolute atomic E-state index is 0.0142. The molecule has 0 saturated carbocycles. The second kappa shape index (κ2) is 4.74. The van der Waals surface area contributed by atoms with Gasteiger partial charge in [0.1, 0.15) is 24.7 Å². The van der Waals surface area contributed by atoms with Crippen LogP contribution in [0, 0.1) is 0 Å². The number of carbonyl (C=O) groups excluding carboxylic acids is 1. The molecule has 2 N–H and O–H groups in total. The van der Waals surface area contributed by atoms with E-state index in [9.17, 15) is 14.7 Å². The summed E-state index contributed by atoms with van der Waals surface area (Å²) in [5.74, 6) is -0.184. The third-order valence-electron chi connectivity index (χ3n) is 2.58. The predicted molar refractivity (Wildman–Crippen MR) is 60.5 cm³/mol. The van der Waals surface area contributed by atoms with Crippen LogP contribution in [0.5, 0.6) is 0 Å². The quantitative estimate of drug-likeness (QED) is 0.743. The molecule has 0 spiro atoms. The predicted octanol–water partition coefficient (Wildman–Crippen LogP) is -0.645. The van der Waals surface area contributed by atoms with Gasteiger partial charge < -0.3 is 10.4 Å². The highest BCUT2D eigenvalue weighted by Gasteiger charge is 2.43. The molecular weight excluding hydrogens is 244 g/mol. The number of aliphatic carboxylic acids is 1. The van der Waals surface area contributed by atoms with Gasteiger partial charge in [0.15, 0.2) is 0 Å². The highest BCUT2D eigenvalue weighted by atomic mass is 32.2. The molecular formula is C9H12N4O3S. The van der Waals surface area contributed by atoms with Crippen molar-refractivity contribution in [3.05, 3.63) is 12.7 Å². The van der Waals surface area contributed by atoms with Crippen LogP contribution in [0.2, 0.25) is 0 Å². The Morgan fingerprint density at radius 1 is 1.59 bits per heavy atom. The van der Waals surface area contributed by atoms with E-state index in [4.69, 9.17) is 0 Å². The molecule has 1 amide bonds. The smallest absolute Gasteiger partial charge is 0.330 e. The lowest BCUT2D eigenvalue weighted by atomic mass is 9.99. The number of carboxylic acids is 1. The van der Waals surface area contributed by atoms with Gasteiger partial charge in [-0.25, -0.2) is 14.5 Å². The van der Waals surface area contributed by atoms with Gasteiger partial charge in [0.2, 0.25) is 5.91 Å². The van der Waals surface area contributed by atoms with Crippen molar-refractivity contribution in [1.29, 1.82) is 0 Å². The molecule has 1 aromatic heterocycles. The van der Waals surface area contributed by atoms with Gasteiger partial charge in [-0.15, -0.1) is 0 Å². The highest BCUT2D eigenvalue weighted by molar-refractivity contribution is 7.99. The summed E-state index contributed by atoms with van der Waals surface area (Å²) in [6.07, 6.45) is 3.19. The van der Waals surface area contributed by atoms with E-state index in [1.807, 2.05) is 0 Å². The number of rotatable bonds is 4. The Kier molecular flexibility index (Phi) is 3.32. The number of thioether (sulfide) groups is 1. The summed E-state index contributed by atoms with van der Waals surface area (Å²) in [5.41, 5.74) is -1.12. The molecule has 1 atom stereocenters. The van der Waals surface area contributed by atoms with E-state index in [2.05, 4.69) is 15.4 Å². The average molecular weight is 256 g/mol. The standard InChI is InChI=1S/C9H12N4O3S/c14-7(3-13-6-10-5-11-13)12-9(8(15)16)1-2-17-4-9/h5-6H,1-4H2,(H,12,14)(H,15,16). The van der Waals surface area contributed by atoms with Crippen molar-refractivity contribution in [2.24, 2.45) is 0 Å². The van der Waals surface area contributed by atoms with Crippen molar-refractivity contribution < 1.29 is 14.7 Å². The van der Waals surface area contributed by atoms with Crippen molar-refractivity contribution in [3.63, 3.8) is 0 Å². The maximum absolute atomic E-state index is 11.7. The van der Waals surface area contributed by atoms with Crippen molar-refractivity contribution >= 4 is 23.6 Å². The zero-order valence-corrected chi connectivity index (χ0v) is 9.81. The van der Waals surface area contributed by atoms with Gasteiger partial charge in [0.25, 0.3) is 0 Å². The number of amides is 1. The van der Waals surface area contributed by atoms with Crippen LogP contribution in [0.4, 0.5) is 0 Å². The number of carboxylic acid groups (broad SMARTS) is 1. The van der Waals surface area contributed by atoms with Crippen LogP contribution >= 0.6 is 11.8 Å². The lowest BCUT2D eigenvalue weighted by molar-refractivity contribution is -0.146. The monoisotopic (exact) mass is 256 g/mol. The average Bonchev–Trinajstić information content (AvgIpc) is 2.89. The number of hydrogen-bond acceptors (Lipinski definition) is 5. The van der Waals surface area contributed by atoms with Crippen molar-refractivity contribution in [2.75, 3.05) is 11.5 Å². The fourth-order valence-electron chi connectivity index (χ4n) is 1.65. The molecule has 0 aliphatic carbocycles. The van der Waals surface area contributed by atoms with Gasteiger partial charge in [0, 0.05) is 5.75 Å². The normalized spacial score (nSPS) is 23.5. The van der Waals surface area contributed by atoms with Gasteiger partial charge in [-0.1, -0.05) is 0 Å². The largest absolute Gasteiger partial charge is 0.479 e. The Labute approximate surface area is 102 Å². The van der Waals surface area contributed by atoms with Gasteiger partial charge in [-0.2, -0.15) is 16.9 Å². The lowest BCUT2D eigenvalue weighted by Crippen LogP contribution is -2.55. The van der Waals surface area contributed by atoms with Crippen LogP contribution in [0.3, 0.4) is 0 Å². The molecule has 2 heterocycles. The molecule has 1 aliphatic rings. The first kappa shape index (κ1) is 11.9. The molecule has 0 radical (unpaired) electrons. The van der Waals surface area contributed by atoms with Crippen LogP contribution in [0.15, 0.2) is 12.7 Å². The molecule has 8 heteroatoms. The van der Waals surface area contributed by atoms with Gasteiger partial charge in [-0.3, -0.25) is 4.79 Å². The molecule has 1 unspecified atom stereocenters. The Bertz CT molecular complexity index is 414. The molecule has 1 fully saturated rings. The molecule has 1 saturated heterocycles. The van der Waals surface area contributed by atoms with E-state index < -0.39 is 11.5 Å². The van der Waals surface area contributed by atoms with E-state index in [1.165, 1.54) is 29.1 Å². The maximum atomic E-state index is 11.7. The zero-order chi connectivity index (χ0) is 12.3. The molecule has 1 aliphatic heterocycles. The van der Waals surface area contributed by atoms with Crippen molar-refractivity contribution in [2.45, 2.75) is 18.5 Å². The number of nitrogens with one attached hydrogen (secondary N) is 1. The van der Waals surface area contributed by atoms with Crippen LogP contribution in [0.1, 0.15) is 6.42 Å². The van der Waals surface area contributed by atoms with Gasteiger partial charge in [-0.05, 0) is 12.2 Å². The number of hydrogen-bond donors (Lipinski definition) is 2. The summed E-state index contributed by atoms with van der Waals surface area (Å²) in [4.78, 5) is 26.6. The fourth-order valence-corrected chi connectivity index (χ4v) is 2.98. The Morgan fingerprint density at radius 3 is 2.94 bits per heavy atom. The molecule has 17 heavy (non-hydrogen) atoms. The molecule has 1 aromatic rings. The van der Waals surface area contributed by atoms with E-state index in [1.54, 1.807) is 0 Å². The third-order valence-corrected chi connectivity index (χ3v) is 3.77. The zero-order valence-electron chi connectivity index (χ0n) is 9.00. The summed E-state index contributed by atoms with van der Waals surface area (Å²) in [5, 5.41) is 15.5. The number of nitrogens with zero attached hydrogens (tertiary/aromatic N) is 3. The molecule has 0 aromatic carbocycles. The van der Waals surface area contributed by atoms with E-state index in [-0.39, 0.29) is 12.5 Å². The topological polar surface area (TPSA) is 97.1 Å². The first-order chi connectivity index (χ1) is 8.12. The van der Waals surface area contributed by atoms with Crippen LogP contribution in [-0.2, 0) is 16.1 Å². The SMILES string of the molecule is O=C(Cn1cncn1)NC1(C(=O)O)CCSC1. The van der Waals surface area contributed by atoms with Gasteiger partial charge in [0.05, 0.1) is 0 Å². The Balaban J connectivity index is 1.99. The van der Waals surface area contributed by atoms with E-state index >= 15 is 0 Å². The minimum atomic E-state index is -1.12. The van der Waals surface area contributed by atoms with E-state index in [0.29, 0.717) is 12.2 Å². The second-order valence-electron chi connectivity index (χ2n) is 3.83. The molecule has 2 rings (SSSR count). The second-order valence-corrected chi connectivity index (χ2v) is 4.94. The Morgan fingerprint density at radius 2 is 2.41 bits per heavy atom. The first-order valence-electron chi connectivity index (χ1n) is 5.07. The van der Waals surface area contributed by atoms with Crippen molar-refractivity contribution in [1.82, 2.24) is 20.1 Å².